The molecule has 21 heavy (non-hydrogen) atoms. The normalized spacial score (nSPS) is 12.1. The van der Waals surface area contributed by atoms with Crippen molar-refractivity contribution in [2.24, 2.45) is 0 Å². The van der Waals surface area contributed by atoms with Crippen LogP contribution in [0.5, 0.6) is 11.5 Å². The number of hydrogen-bond donors (Lipinski definition) is 1. The molecule has 0 radical (unpaired) electrons. The highest BCUT2D eigenvalue weighted by atomic mass is 16.5. The van der Waals surface area contributed by atoms with Gasteiger partial charge in [0.15, 0.2) is 11.5 Å². The first-order valence-electron chi connectivity index (χ1n) is 6.95. The molecule has 112 valence electrons. The highest BCUT2D eigenvalue weighted by Gasteiger charge is 2.18. The highest BCUT2D eigenvalue weighted by Crippen LogP contribution is 2.35. The van der Waals surface area contributed by atoms with Crippen LogP contribution in [0, 0.1) is 20.8 Å². The summed E-state index contributed by atoms with van der Waals surface area (Å²) in [6, 6.07) is 9.84. The van der Waals surface area contributed by atoms with Crippen molar-refractivity contribution in [2.75, 3.05) is 14.2 Å². The van der Waals surface area contributed by atoms with Crippen LogP contribution in [0.15, 0.2) is 30.3 Å². The van der Waals surface area contributed by atoms with E-state index in [-0.39, 0.29) is 0 Å². The van der Waals surface area contributed by atoms with Gasteiger partial charge in [-0.05, 0) is 55.2 Å². The van der Waals surface area contributed by atoms with Crippen LogP contribution in [-0.4, -0.2) is 19.3 Å². The van der Waals surface area contributed by atoms with Crippen LogP contribution < -0.4 is 9.47 Å². The molecule has 2 rings (SSSR count). The molecule has 0 aliphatic carbocycles. The minimum atomic E-state index is -0.676. The van der Waals surface area contributed by atoms with Gasteiger partial charge in [-0.2, -0.15) is 0 Å². The van der Waals surface area contributed by atoms with Crippen molar-refractivity contribution < 1.29 is 14.6 Å². The summed E-state index contributed by atoms with van der Waals surface area (Å²) in [6.07, 6.45) is -0.676. The zero-order valence-electron chi connectivity index (χ0n) is 13.2. The van der Waals surface area contributed by atoms with Crippen molar-refractivity contribution in [1.82, 2.24) is 0 Å². The minimum absolute atomic E-state index is 0.627. The standard InChI is InChI=1S/C18H22O3/c1-11-6-7-12(2)14(8-11)18(19)15-10-17(21-5)16(20-4)9-13(15)3/h6-10,18-19H,1-5H3. The number of methoxy groups -OCH3 is 2. The van der Waals surface area contributed by atoms with Crippen molar-refractivity contribution >= 4 is 0 Å². The first-order valence-corrected chi connectivity index (χ1v) is 6.95. The molecule has 0 spiro atoms. The molecule has 0 saturated carbocycles. The lowest BCUT2D eigenvalue weighted by Crippen LogP contribution is -2.05. The van der Waals surface area contributed by atoms with Gasteiger partial charge < -0.3 is 14.6 Å². The van der Waals surface area contributed by atoms with Crippen molar-refractivity contribution in [3.63, 3.8) is 0 Å². The van der Waals surface area contributed by atoms with Gasteiger partial charge in [-0.25, -0.2) is 0 Å². The van der Waals surface area contributed by atoms with E-state index >= 15 is 0 Å². The first-order chi connectivity index (χ1) is 9.97. The lowest BCUT2D eigenvalue weighted by atomic mass is 9.93. The van der Waals surface area contributed by atoms with Gasteiger partial charge in [0, 0.05) is 0 Å². The second-order valence-corrected chi connectivity index (χ2v) is 5.33. The summed E-state index contributed by atoms with van der Waals surface area (Å²) in [7, 11) is 3.21. The molecule has 0 bridgehead atoms. The molecule has 0 fully saturated rings. The molecule has 1 atom stereocenters. The molecular formula is C18H22O3. The average molecular weight is 286 g/mol. The number of rotatable bonds is 4. The Hall–Kier alpha value is -2.00. The molecule has 0 heterocycles. The van der Waals surface area contributed by atoms with Crippen LogP contribution in [-0.2, 0) is 0 Å². The summed E-state index contributed by atoms with van der Waals surface area (Å²) in [5.41, 5.74) is 4.93. The zero-order chi connectivity index (χ0) is 15.6. The number of aliphatic hydroxyl groups is 1. The molecule has 0 aliphatic heterocycles. The van der Waals surface area contributed by atoms with Crippen LogP contribution in [0.25, 0.3) is 0 Å². The van der Waals surface area contributed by atoms with Gasteiger partial charge in [0.2, 0.25) is 0 Å². The monoisotopic (exact) mass is 286 g/mol. The van der Waals surface area contributed by atoms with E-state index in [9.17, 15) is 5.11 Å². The third-order valence-electron chi connectivity index (χ3n) is 3.80. The van der Waals surface area contributed by atoms with E-state index in [0.29, 0.717) is 11.5 Å². The van der Waals surface area contributed by atoms with Crippen molar-refractivity contribution in [2.45, 2.75) is 26.9 Å². The molecule has 1 N–H and O–H groups in total. The van der Waals surface area contributed by atoms with Crippen molar-refractivity contribution in [3.05, 3.63) is 58.1 Å². The summed E-state index contributed by atoms with van der Waals surface area (Å²) in [4.78, 5) is 0. The number of ether oxygens (including phenoxy) is 2. The topological polar surface area (TPSA) is 38.7 Å². The maximum Gasteiger partial charge on any atom is 0.161 e. The fraction of sp³-hybridized carbons (Fsp3) is 0.333. The smallest absolute Gasteiger partial charge is 0.161 e. The van der Waals surface area contributed by atoms with Gasteiger partial charge in [0.25, 0.3) is 0 Å². The SMILES string of the molecule is COc1cc(C)c(C(O)c2cc(C)ccc2C)cc1OC. The Morgan fingerprint density at radius 1 is 0.810 bits per heavy atom. The van der Waals surface area contributed by atoms with E-state index in [1.807, 2.05) is 51.1 Å². The Bertz CT molecular complexity index is 647. The van der Waals surface area contributed by atoms with E-state index in [4.69, 9.17) is 9.47 Å². The fourth-order valence-corrected chi connectivity index (χ4v) is 2.51. The summed E-state index contributed by atoms with van der Waals surface area (Å²) < 4.78 is 10.6. The summed E-state index contributed by atoms with van der Waals surface area (Å²) in [5.74, 6) is 1.30. The molecule has 3 heteroatoms. The van der Waals surface area contributed by atoms with E-state index in [1.165, 1.54) is 0 Å². The average Bonchev–Trinajstić information content (AvgIpc) is 2.48. The fourth-order valence-electron chi connectivity index (χ4n) is 2.51. The molecule has 0 aliphatic rings. The largest absolute Gasteiger partial charge is 0.493 e. The van der Waals surface area contributed by atoms with Crippen molar-refractivity contribution in [1.29, 1.82) is 0 Å². The maximum atomic E-state index is 10.8. The number of aliphatic hydroxyl groups excluding tert-OH is 1. The predicted octanol–water partition coefficient (Wildman–Crippen LogP) is 3.71. The van der Waals surface area contributed by atoms with Gasteiger partial charge in [0.05, 0.1) is 14.2 Å². The number of hydrogen-bond acceptors (Lipinski definition) is 3. The summed E-state index contributed by atoms with van der Waals surface area (Å²) in [6.45, 7) is 6.00. The summed E-state index contributed by atoms with van der Waals surface area (Å²) >= 11 is 0. The van der Waals surface area contributed by atoms with Crippen molar-refractivity contribution in [3.8, 4) is 11.5 Å². The Kier molecular flexibility index (Phi) is 4.53. The van der Waals surface area contributed by atoms with Gasteiger partial charge in [-0.15, -0.1) is 0 Å². The third kappa shape index (κ3) is 3.03. The zero-order valence-corrected chi connectivity index (χ0v) is 13.2. The number of aryl methyl sites for hydroxylation is 3. The molecule has 3 nitrogen and oxygen atoms in total. The van der Waals surface area contributed by atoms with Crippen LogP contribution in [0.2, 0.25) is 0 Å². The highest BCUT2D eigenvalue weighted by molar-refractivity contribution is 5.50. The quantitative estimate of drug-likeness (QED) is 0.931. The Balaban J connectivity index is 2.52. The number of benzene rings is 2. The predicted molar refractivity (Wildman–Crippen MR) is 84.3 cm³/mol. The minimum Gasteiger partial charge on any atom is -0.493 e. The summed E-state index contributed by atoms with van der Waals surface area (Å²) in [5, 5.41) is 10.8. The molecule has 2 aromatic rings. The Labute approximate surface area is 126 Å². The second-order valence-electron chi connectivity index (χ2n) is 5.33. The third-order valence-corrected chi connectivity index (χ3v) is 3.80. The van der Waals surface area contributed by atoms with Crippen LogP contribution in [0.4, 0.5) is 0 Å². The van der Waals surface area contributed by atoms with E-state index in [2.05, 4.69) is 0 Å². The van der Waals surface area contributed by atoms with E-state index in [1.54, 1.807) is 14.2 Å². The second kappa shape index (κ2) is 6.19. The first kappa shape index (κ1) is 15.4. The Morgan fingerprint density at radius 3 is 2.00 bits per heavy atom. The molecule has 1 unspecified atom stereocenters. The molecule has 0 amide bonds. The van der Waals surface area contributed by atoms with Crippen LogP contribution in [0.3, 0.4) is 0 Å². The molecular weight excluding hydrogens is 264 g/mol. The molecule has 2 aromatic carbocycles. The van der Waals surface area contributed by atoms with E-state index < -0.39 is 6.10 Å². The van der Waals surface area contributed by atoms with Crippen LogP contribution >= 0.6 is 0 Å². The molecule has 0 aromatic heterocycles. The molecule has 0 saturated heterocycles. The van der Waals surface area contributed by atoms with Gasteiger partial charge >= 0.3 is 0 Å². The maximum absolute atomic E-state index is 10.8. The van der Waals surface area contributed by atoms with Gasteiger partial charge in [-0.1, -0.05) is 23.8 Å². The lowest BCUT2D eigenvalue weighted by Gasteiger charge is -2.19. The van der Waals surface area contributed by atoms with Crippen LogP contribution in [0.1, 0.15) is 33.9 Å². The lowest BCUT2D eigenvalue weighted by molar-refractivity contribution is 0.218. The Morgan fingerprint density at radius 2 is 1.38 bits per heavy atom. The van der Waals surface area contributed by atoms with Gasteiger partial charge in [-0.3, -0.25) is 0 Å². The van der Waals surface area contributed by atoms with Gasteiger partial charge in [0.1, 0.15) is 6.10 Å². The van der Waals surface area contributed by atoms with E-state index in [0.717, 1.165) is 27.8 Å².